The van der Waals surface area contributed by atoms with Gasteiger partial charge in [0.2, 0.25) is 11.5 Å². The Bertz CT molecular complexity index is 845. The van der Waals surface area contributed by atoms with Crippen molar-refractivity contribution in [3.8, 4) is 6.07 Å². The Kier molecular flexibility index (Phi) is 3.46. The fourth-order valence-electron chi connectivity index (χ4n) is 2.58. The van der Waals surface area contributed by atoms with Crippen molar-refractivity contribution in [2.75, 3.05) is 25.6 Å². The molecule has 0 saturated heterocycles. The molecule has 2 N–H and O–H groups in total. The second-order valence-electron chi connectivity index (χ2n) is 4.95. The number of benzene rings is 1. The molecule has 0 unspecified atom stereocenters. The van der Waals surface area contributed by atoms with Crippen molar-refractivity contribution in [1.82, 2.24) is 4.98 Å². The van der Waals surface area contributed by atoms with Gasteiger partial charge < -0.3 is 10.1 Å². The van der Waals surface area contributed by atoms with E-state index in [0.29, 0.717) is 18.7 Å². The average molecular weight is 281 g/mol. The van der Waals surface area contributed by atoms with E-state index in [4.69, 9.17) is 4.74 Å². The molecule has 0 aliphatic heterocycles. The molecular weight excluding hydrogens is 264 g/mol. The minimum absolute atomic E-state index is 0.628. The number of H-pyrrole nitrogens is 1. The number of imidazole rings is 1. The number of anilines is 1. The van der Waals surface area contributed by atoms with Gasteiger partial charge in [0.15, 0.2) is 0 Å². The van der Waals surface area contributed by atoms with E-state index in [1.165, 1.54) is 0 Å². The summed E-state index contributed by atoms with van der Waals surface area (Å²) in [7, 11) is 1.68. The second kappa shape index (κ2) is 5.43. The largest absolute Gasteiger partial charge is 0.381 e. The molecule has 0 aliphatic rings. The van der Waals surface area contributed by atoms with Gasteiger partial charge in [-0.3, -0.25) is 4.98 Å². The minimum atomic E-state index is 0.628. The number of hydrogen-bond acceptors (Lipinski definition) is 3. The van der Waals surface area contributed by atoms with Crippen molar-refractivity contribution in [2.45, 2.75) is 6.92 Å². The normalized spacial score (nSPS) is 10.9. The van der Waals surface area contributed by atoms with E-state index in [-0.39, 0.29) is 0 Å². The van der Waals surface area contributed by atoms with Crippen LogP contribution in [0.25, 0.3) is 16.7 Å². The van der Waals surface area contributed by atoms with Gasteiger partial charge in [-0.25, -0.2) is 0 Å². The Labute approximate surface area is 122 Å². The third-order valence-electron chi connectivity index (χ3n) is 3.57. The molecule has 0 bridgehead atoms. The van der Waals surface area contributed by atoms with Crippen LogP contribution in [0.1, 0.15) is 11.1 Å². The van der Waals surface area contributed by atoms with Crippen molar-refractivity contribution >= 4 is 22.5 Å². The predicted molar refractivity (Wildman–Crippen MR) is 81.3 cm³/mol. The van der Waals surface area contributed by atoms with Crippen LogP contribution in [-0.2, 0) is 4.74 Å². The number of fused-ring (bicyclic) bond motifs is 3. The van der Waals surface area contributed by atoms with Crippen LogP contribution in [0.15, 0.2) is 30.3 Å². The lowest BCUT2D eigenvalue weighted by molar-refractivity contribution is -0.465. The summed E-state index contributed by atoms with van der Waals surface area (Å²) < 4.78 is 7.14. The Morgan fingerprint density at radius 3 is 2.95 bits per heavy atom. The Morgan fingerprint density at radius 1 is 1.38 bits per heavy atom. The monoisotopic (exact) mass is 281 g/mol. The van der Waals surface area contributed by atoms with Gasteiger partial charge >= 0.3 is 0 Å². The summed E-state index contributed by atoms with van der Waals surface area (Å²) in [5.74, 6) is 0.955. The molecule has 0 aliphatic carbocycles. The van der Waals surface area contributed by atoms with Crippen LogP contribution in [0, 0.1) is 18.3 Å². The van der Waals surface area contributed by atoms with Gasteiger partial charge in [-0.1, -0.05) is 12.1 Å². The maximum atomic E-state index is 9.42. The number of nitriles is 1. The van der Waals surface area contributed by atoms with Crippen LogP contribution in [0.3, 0.4) is 0 Å². The molecule has 0 atom stereocenters. The highest BCUT2D eigenvalue weighted by molar-refractivity contribution is 5.77. The number of hydrogen-bond donors (Lipinski definition) is 2. The number of pyridine rings is 1. The zero-order valence-corrected chi connectivity index (χ0v) is 12.1. The molecule has 2 aromatic heterocycles. The molecule has 0 spiro atoms. The molecular formula is C16H17N4O+. The van der Waals surface area contributed by atoms with E-state index in [0.717, 1.165) is 28.1 Å². The van der Waals surface area contributed by atoms with E-state index in [9.17, 15) is 5.26 Å². The smallest absolute Gasteiger partial charge is 0.250 e. The van der Waals surface area contributed by atoms with E-state index >= 15 is 0 Å². The van der Waals surface area contributed by atoms with Crippen LogP contribution in [0.5, 0.6) is 0 Å². The van der Waals surface area contributed by atoms with Gasteiger partial charge in [0, 0.05) is 13.2 Å². The molecule has 5 heteroatoms. The quantitative estimate of drug-likeness (QED) is 0.569. The molecule has 3 rings (SSSR count). The number of aromatic amines is 1. The third-order valence-corrected chi connectivity index (χ3v) is 3.57. The highest BCUT2D eigenvalue weighted by Crippen LogP contribution is 2.19. The summed E-state index contributed by atoms with van der Waals surface area (Å²) in [6, 6.07) is 12.3. The first-order chi connectivity index (χ1) is 10.3. The Morgan fingerprint density at radius 2 is 2.19 bits per heavy atom. The number of aryl methyl sites for hydroxylation is 1. The molecule has 0 saturated carbocycles. The number of aromatic nitrogens is 2. The third kappa shape index (κ3) is 2.20. The van der Waals surface area contributed by atoms with E-state index in [2.05, 4.69) is 20.8 Å². The van der Waals surface area contributed by atoms with Gasteiger partial charge in [-0.15, -0.1) is 0 Å². The van der Waals surface area contributed by atoms with E-state index in [1.807, 2.05) is 37.3 Å². The first-order valence-corrected chi connectivity index (χ1v) is 6.85. The highest BCUT2D eigenvalue weighted by Gasteiger charge is 2.19. The van der Waals surface area contributed by atoms with Gasteiger partial charge in [0.1, 0.15) is 22.7 Å². The number of nitrogens with zero attached hydrogens (tertiary/aromatic N) is 2. The first-order valence-electron chi connectivity index (χ1n) is 6.85. The molecule has 0 radical (unpaired) electrons. The van der Waals surface area contributed by atoms with Crippen molar-refractivity contribution in [2.24, 2.45) is 0 Å². The maximum Gasteiger partial charge on any atom is 0.250 e. The van der Waals surface area contributed by atoms with Crippen molar-refractivity contribution in [1.29, 1.82) is 5.26 Å². The van der Waals surface area contributed by atoms with Crippen LogP contribution in [-0.4, -0.2) is 25.2 Å². The molecule has 2 heterocycles. The summed E-state index contributed by atoms with van der Waals surface area (Å²) in [6.07, 6.45) is 0. The standard InChI is InChI=1S/C16H16N4O/c1-11-9-15(18-7-8-21-2)20-14-6-4-3-5-13(14)19-16(20)12(11)10-17/h3-6,9H,7-8H2,1-2H3,(H,18,19)/p+1. The lowest BCUT2D eigenvalue weighted by Gasteiger charge is -2.06. The number of ether oxygens (including phenoxy) is 1. The van der Waals surface area contributed by atoms with Crippen LogP contribution < -0.4 is 9.72 Å². The highest BCUT2D eigenvalue weighted by atomic mass is 16.5. The zero-order valence-electron chi connectivity index (χ0n) is 12.1. The molecule has 21 heavy (non-hydrogen) atoms. The summed E-state index contributed by atoms with van der Waals surface area (Å²) in [6.45, 7) is 3.29. The number of nitrogens with one attached hydrogen (secondary N) is 2. The Balaban J connectivity index is 2.29. The predicted octanol–water partition coefficient (Wildman–Crippen LogP) is 2.14. The van der Waals surface area contributed by atoms with Crippen LogP contribution >= 0.6 is 0 Å². The van der Waals surface area contributed by atoms with Crippen molar-refractivity contribution in [3.05, 3.63) is 41.5 Å². The zero-order chi connectivity index (χ0) is 14.8. The lowest BCUT2D eigenvalue weighted by atomic mass is 10.1. The van der Waals surface area contributed by atoms with Gasteiger partial charge in [0.05, 0.1) is 13.2 Å². The summed E-state index contributed by atoms with van der Waals surface area (Å²) >= 11 is 0. The van der Waals surface area contributed by atoms with Crippen LogP contribution in [0.2, 0.25) is 0 Å². The average Bonchev–Trinajstić information content (AvgIpc) is 2.86. The van der Waals surface area contributed by atoms with Crippen LogP contribution in [0.4, 0.5) is 5.82 Å². The van der Waals surface area contributed by atoms with E-state index in [1.54, 1.807) is 7.11 Å². The fraction of sp³-hybridized carbons (Fsp3) is 0.250. The molecule has 1 aromatic carbocycles. The van der Waals surface area contributed by atoms with Gasteiger partial charge in [0.25, 0.3) is 0 Å². The fourth-order valence-corrected chi connectivity index (χ4v) is 2.58. The topological polar surface area (TPSA) is 64.9 Å². The Hall–Kier alpha value is -2.58. The number of methoxy groups -OCH3 is 1. The minimum Gasteiger partial charge on any atom is -0.381 e. The number of rotatable bonds is 4. The van der Waals surface area contributed by atoms with E-state index < -0.39 is 0 Å². The molecule has 3 aromatic rings. The first kappa shape index (κ1) is 13.4. The molecule has 106 valence electrons. The summed E-state index contributed by atoms with van der Waals surface area (Å²) in [4.78, 5) is 3.34. The molecule has 0 amide bonds. The SMILES string of the molecule is COCCNc1cc(C)c(C#N)c2[nH]c3ccccc3[n+]12. The second-order valence-corrected chi connectivity index (χ2v) is 4.95. The van der Waals surface area contributed by atoms with Crippen molar-refractivity contribution in [3.63, 3.8) is 0 Å². The van der Waals surface area contributed by atoms with Crippen molar-refractivity contribution < 1.29 is 9.14 Å². The molecule has 0 fully saturated rings. The number of para-hydroxylation sites is 2. The van der Waals surface area contributed by atoms with Gasteiger partial charge in [-0.2, -0.15) is 9.66 Å². The summed E-state index contributed by atoms with van der Waals surface area (Å²) in [5, 5.41) is 12.8. The maximum absolute atomic E-state index is 9.42. The van der Waals surface area contributed by atoms with Gasteiger partial charge in [-0.05, 0) is 24.6 Å². The summed E-state index contributed by atoms with van der Waals surface area (Å²) in [5.41, 5.74) is 4.49. The molecule has 5 nitrogen and oxygen atoms in total. The lowest BCUT2D eigenvalue weighted by Crippen LogP contribution is -2.28.